The van der Waals surface area contributed by atoms with Crippen LogP contribution in [0.25, 0.3) is 0 Å². The first kappa shape index (κ1) is 17.4. The van der Waals surface area contributed by atoms with Gasteiger partial charge in [0.05, 0.1) is 6.42 Å². The second kappa shape index (κ2) is 7.66. The zero-order chi connectivity index (χ0) is 17.1. The number of likely N-dealkylation sites (tertiary alicyclic amines) is 1. The summed E-state index contributed by atoms with van der Waals surface area (Å²) >= 11 is 0. The molecule has 0 radical (unpaired) electrons. The van der Waals surface area contributed by atoms with Crippen molar-refractivity contribution in [2.24, 2.45) is 11.8 Å². The van der Waals surface area contributed by atoms with Gasteiger partial charge in [0.1, 0.15) is 6.10 Å². The first-order chi connectivity index (χ1) is 11.6. The maximum absolute atomic E-state index is 12.5. The minimum absolute atomic E-state index is 0.0742. The van der Waals surface area contributed by atoms with Crippen LogP contribution >= 0.6 is 0 Å². The van der Waals surface area contributed by atoms with E-state index < -0.39 is 0 Å². The third-order valence-electron chi connectivity index (χ3n) is 5.75. The van der Waals surface area contributed by atoms with Crippen molar-refractivity contribution in [3.8, 4) is 0 Å². The lowest BCUT2D eigenvalue weighted by Crippen LogP contribution is -2.60. The van der Waals surface area contributed by atoms with Gasteiger partial charge in [-0.3, -0.25) is 4.79 Å². The topological polar surface area (TPSA) is 32.8 Å². The first-order valence-electron chi connectivity index (χ1n) is 9.20. The van der Waals surface area contributed by atoms with E-state index in [9.17, 15) is 4.79 Å². The molecule has 0 N–H and O–H groups in total. The minimum atomic E-state index is -0.0782. The maximum Gasteiger partial charge on any atom is 0.310 e. The molecule has 1 aliphatic heterocycles. The Bertz CT molecular complexity index is 546. The van der Waals surface area contributed by atoms with Crippen LogP contribution in [0.1, 0.15) is 25.3 Å². The highest BCUT2D eigenvalue weighted by Gasteiger charge is 2.46. The van der Waals surface area contributed by atoms with Gasteiger partial charge in [-0.25, -0.2) is 0 Å². The van der Waals surface area contributed by atoms with E-state index in [1.54, 1.807) is 0 Å². The van der Waals surface area contributed by atoms with Gasteiger partial charge in [0.25, 0.3) is 0 Å². The van der Waals surface area contributed by atoms with Gasteiger partial charge in [-0.15, -0.1) is 0 Å². The minimum Gasteiger partial charge on any atom is -0.461 e. The number of carbonyl (C=O) groups excluding carboxylic acids is 1. The molecule has 2 aliphatic rings. The van der Waals surface area contributed by atoms with Gasteiger partial charge in [-0.05, 0) is 39.0 Å². The molecule has 1 aromatic rings. The van der Waals surface area contributed by atoms with Crippen molar-refractivity contribution in [1.29, 1.82) is 0 Å². The largest absolute Gasteiger partial charge is 0.461 e. The molecule has 1 aromatic carbocycles. The normalized spacial score (nSPS) is 30.3. The molecule has 2 fully saturated rings. The Morgan fingerprint density at radius 3 is 2.62 bits per heavy atom. The molecule has 1 aliphatic carbocycles. The summed E-state index contributed by atoms with van der Waals surface area (Å²) in [7, 11) is 4.30. The van der Waals surface area contributed by atoms with Gasteiger partial charge in [-0.2, -0.15) is 0 Å². The van der Waals surface area contributed by atoms with Gasteiger partial charge in [-0.1, -0.05) is 37.3 Å². The number of fused-ring (bicyclic) bond motifs is 2. The van der Waals surface area contributed by atoms with Crippen LogP contribution < -0.4 is 0 Å². The number of piperidine rings is 1. The summed E-state index contributed by atoms with van der Waals surface area (Å²) in [6, 6.07) is 10.4. The Kier molecular flexibility index (Phi) is 5.57. The highest BCUT2D eigenvalue weighted by atomic mass is 16.5. The summed E-state index contributed by atoms with van der Waals surface area (Å²) in [5, 5.41) is 0. The van der Waals surface area contributed by atoms with E-state index in [1.807, 2.05) is 30.3 Å². The lowest BCUT2D eigenvalue weighted by atomic mass is 9.71. The van der Waals surface area contributed by atoms with Crippen molar-refractivity contribution in [2.45, 2.75) is 38.3 Å². The van der Waals surface area contributed by atoms with E-state index in [1.165, 1.54) is 6.42 Å². The van der Waals surface area contributed by atoms with Gasteiger partial charge in [0.15, 0.2) is 0 Å². The molecule has 4 atom stereocenters. The number of hydrogen-bond donors (Lipinski definition) is 0. The molecule has 1 saturated heterocycles. The molecular formula is C20H30N2O2. The van der Waals surface area contributed by atoms with E-state index >= 15 is 0 Å². The van der Waals surface area contributed by atoms with Crippen LogP contribution in [0, 0.1) is 11.8 Å². The summed E-state index contributed by atoms with van der Waals surface area (Å²) in [6.07, 6.45) is 2.82. The lowest BCUT2D eigenvalue weighted by Gasteiger charge is -2.51. The molecule has 0 amide bonds. The van der Waals surface area contributed by atoms with Crippen LogP contribution in [-0.4, -0.2) is 61.6 Å². The average molecular weight is 330 g/mol. The Morgan fingerprint density at radius 2 is 1.96 bits per heavy atom. The van der Waals surface area contributed by atoms with Crippen molar-refractivity contribution in [1.82, 2.24) is 9.80 Å². The van der Waals surface area contributed by atoms with Gasteiger partial charge in [0, 0.05) is 31.0 Å². The highest BCUT2D eigenvalue weighted by Crippen LogP contribution is 2.38. The second-order valence-electron chi connectivity index (χ2n) is 7.50. The number of nitrogens with zero attached hydrogens (tertiary/aromatic N) is 2. The van der Waals surface area contributed by atoms with Crippen LogP contribution in [0.4, 0.5) is 0 Å². The molecule has 0 spiro atoms. The number of hydrogen-bond acceptors (Lipinski definition) is 4. The fourth-order valence-corrected chi connectivity index (χ4v) is 4.50. The molecule has 1 saturated carbocycles. The molecule has 2 unspecified atom stereocenters. The lowest BCUT2D eigenvalue weighted by molar-refractivity contribution is -0.167. The summed E-state index contributed by atoms with van der Waals surface area (Å²) in [5.41, 5.74) is 1.03. The van der Waals surface area contributed by atoms with Crippen molar-refractivity contribution in [2.75, 3.05) is 33.7 Å². The van der Waals surface area contributed by atoms with Gasteiger partial charge >= 0.3 is 5.97 Å². The van der Waals surface area contributed by atoms with Crippen molar-refractivity contribution >= 4 is 5.97 Å². The zero-order valence-corrected chi connectivity index (χ0v) is 15.1. The number of ether oxygens (including phenoxy) is 1. The first-order valence-corrected chi connectivity index (χ1v) is 9.20. The summed E-state index contributed by atoms with van der Waals surface area (Å²) < 4.78 is 6.04. The maximum atomic E-state index is 12.5. The quantitative estimate of drug-likeness (QED) is 0.777. The van der Waals surface area contributed by atoms with E-state index in [4.69, 9.17) is 4.74 Å². The fraction of sp³-hybridized carbons (Fsp3) is 0.650. The summed E-state index contributed by atoms with van der Waals surface area (Å²) in [4.78, 5) is 17.3. The Balaban J connectivity index is 1.69. The Labute approximate surface area is 145 Å². The predicted octanol–water partition coefficient (Wildman–Crippen LogP) is 2.43. The van der Waals surface area contributed by atoms with E-state index in [0.29, 0.717) is 24.3 Å². The average Bonchev–Trinajstić information content (AvgIpc) is 2.55. The Morgan fingerprint density at radius 1 is 1.21 bits per heavy atom. The third-order valence-corrected chi connectivity index (χ3v) is 5.75. The highest BCUT2D eigenvalue weighted by molar-refractivity contribution is 5.72. The molecule has 0 aromatic heterocycles. The molecular weight excluding hydrogens is 300 g/mol. The molecule has 2 bridgehead atoms. The number of carbonyl (C=O) groups is 1. The molecule has 24 heavy (non-hydrogen) atoms. The van der Waals surface area contributed by atoms with Crippen molar-refractivity contribution < 1.29 is 9.53 Å². The number of benzene rings is 1. The van der Waals surface area contributed by atoms with Crippen molar-refractivity contribution in [3.63, 3.8) is 0 Å². The van der Waals surface area contributed by atoms with Crippen LogP contribution in [0.3, 0.4) is 0 Å². The smallest absolute Gasteiger partial charge is 0.310 e. The standard InChI is InChI=1S/C20H30N2O2/c1-4-22-13-16-10-11-18(21(2)3)17(14-22)20(16)24-19(23)12-15-8-6-5-7-9-15/h5-9,16-18,20H,4,10-14H2,1-3H3/t16?,17?,18-,20+/m1/s1. The van der Waals surface area contributed by atoms with Crippen molar-refractivity contribution in [3.05, 3.63) is 35.9 Å². The number of esters is 1. The third kappa shape index (κ3) is 3.81. The Hall–Kier alpha value is -1.39. The van der Waals surface area contributed by atoms with E-state index in [2.05, 4.69) is 30.8 Å². The molecule has 1 heterocycles. The molecule has 132 valence electrons. The monoisotopic (exact) mass is 330 g/mol. The summed E-state index contributed by atoms with van der Waals surface area (Å²) in [5.74, 6) is 0.831. The molecule has 3 rings (SSSR count). The summed E-state index contributed by atoms with van der Waals surface area (Å²) in [6.45, 7) is 5.41. The van der Waals surface area contributed by atoms with Crippen LogP contribution in [0.5, 0.6) is 0 Å². The SMILES string of the molecule is CCN1CC2CC[C@@H](N(C)C)C(C1)[C@H]2OC(=O)Cc1ccccc1. The van der Waals surface area contributed by atoms with Crippen LogP contribution in [0.15, 0.2) is 30.3 Å². The molecule has 4 nitrogen and oxygen atoms in total. The van der Waals surface area contributed by atoms with Crippen LogP contribution in [0.2, 0.25) is 0 Å². The number of rotatable bonds is 5. The van der Waals surface area contributed by atoms with Crippen LogP contribution in [-0.2, 0) is 16.0 Å². The molecule has 4 heteroatoms. The predicted molar refractivity (Wildman–Crippen MR) is 95.8 cm³/mol. The zero-order valence-electron chi connectivity index (χ0n) is 15.1. The van der Waals surface area contributed by atoms with E-state index in [-0.39, 0.29) is 12.1 Å². The van der Waals surface area contributed by atoms with Gasteiger partial charge < -0.3 is 14.5 Å². The van der Waals surface area contributed by atoms with E-state index in [0.717, 1.165) is 31.6 Å². The van der Waals surface area contributed by atoms with Gasteiger partial charge in [0.2, 0.25) is 0 Å². The fourth-order valence-electron chi connectivity index (χ4n) is 4.50. The second-order valence-corrected chi connectivity index (χ2v) is 7.50.